The monoisotopic (exact) mass is 289 g/mol. The van der Waals surface area contributed by atoms with Crippen LogP contribution in [0, 0.1) is 10.1 Å². The van der Waals surface area contributed by atoms with E-state index in [4.69, 9.17) is 4.74 Å². The van der Waals surface area contributed by atoms with E-state index in [1.165, 1.54) is 0 Å². The maximum atomic E-state index is 11.5. The number of hydrogen-bond donors (Lipinski definition) is 0. The van der Waals surface area contributed by atoms with Crippen LogP contribution in [0.15, 0.2) is 35.9 Å². The highest BCUT2D eigenvalue weighted by Crippen LogP contribution is 2.29. The van der Waals surface area contributed by atoms with E-state index in [1.807, 2.05) is 24.3 Å². The Kier molecular flexibility index (Phi) is 5.09. The second-order valence-corrected chi connectivity index (χ2v) is 5.31. The summed E-state index contributed by atoms with van der Waals surface area (Å²) >= 11 is 0. The van der Waals surface area contributed by atoms with Crippen molar-refractivity contribution < 1.29 is 14.5 Å². The van der Waals surface area contributed by atoms with Crippen molar-refractivity contribution in [1.82, 2.24) is 0 Å². The molecule has 1 aromatic carbocycles. The molecule has 5 nitrogen and oxygen atoms in total. The highest BCUT2D eigenvalue weighted by Gasteiger charge is 2.21. The van der Waals surface area contributed by atoms with E-state index in [9.17, 15) is 14.9 Å². The van der Waals surface area contributed by atoms with Crippen LogP contribution in [-0.2, 0) is 4.79 Å². The molecule has 0 amide bonds. The van der Waals surface area contributed by atoms with Crippen molar-refractivity contribution in [1.29, 1.82) is 0 Å². The van der Waals surface area contributed by atoms with Crippen molar-refractivity contribution in [2.75, 3.05) is 13.7 Å². The topological polar surface area (TPSA) is 69.4 Å². The number of carbonyl (C=O) groups is 1. The molecule has 0 aliphatic heterocycles. The average Bonchev–Trinajstić information content (AvgIpc) is 2.46. The molecule has 0 fully saturated rings. The highest BCUT2D eigenvalue weighted by molar-refractivity contribution is 5.91. The van der Waals surface area contributed by atoms with Gasteiger partial charge in [0.2, 0.25) is 6.54 Å². The number of allylic oxidation sites excluding steroid dienone is 2. The molecule has 0 radical (unpaired) electrons. The SMILES string of the molecule is COc1ccc([C@@H](CC2=CC(=O)CCC2)C[N+](=O)[O-])cc1. The van der Waals surface area contributed by atoms with Crippen molar-refractivity contribution in [2.24, 2.45) is 0 Å². The van der Waals surface area contributed by atoms with Crippen LogP contribution in [0.4, 0.5) is 0 Å². The van der Waals surface area contributed by atoms with E-state index in [0.29, 0.717) is 12.8 Å². The third kappa shape index (κ3) is 4.41. The molecule has 0 N–H and O–H groups in total. The van der Waals surface area contributed by atoms with Crippen LogP contribution in [0.1, 0.15) is 37.2 Å². The summed E-state index contributed by atoms with van der Waals surface area (Å²) in [5.74, 6) is 0.652. The van der Waals surface area contributed by atoms with E-state index in [2.05, 4.69) is 0 Å². The van der Waals surface area contributed by atoms with Gasteiger partial charge in [-0.1, -0.05) is 17.7 Å². The number of hydrogen-bond acceptors (Lipinski definition) is 4. The normalized spacial score (nSPS) is 16.2. The summed E-state index contributed by atoms with van der Waals surface area (Å²) in [6.07, 6.45) is 4.53. The van der Waals surface area contributed by atoms with Gasteiger partial charge in [-0.3, -0.25) is 14.9 Å². The van der Waals surface area contributed by atoms with E-state index in [1.54, 1.807) is 13.2 Å². The molecule has 1 atom stereocenters. The Morgan fingerprint density at radius 1 is 1.29 bits per heavy atom. The van der Waals surface area contributed by atoms with E-state index >= 15 is 0 Å². The maximum absolute atomic E-state index is 11.5. The summed E-state index contributed by atoms with van der Waals surface area (Å²) < 4.78 is 5.10. The van der Waals surface area contributed by atoms with Crippen LogP contribution in [0.25, 0.3) is 0 Å². The molecule has 0 heterocycles. The molecule has 21 heavy (non-hydrogen) atoms. The lowest BCUT2D eigenvalue weighted by Gasteiger charge is -2.18. The molecule has 1 aliphatic rings. The Morgan fingerprint density at radius 2 is 2.00 bits per heavy atom. The molecule has 112 valence electrons. The zero-order valence-electron chi connectivity index (χ0n) is 12.1. The first-order chi connectivity index (χ1) is 10.1. The minimum atomic E-state index is -0.292. The Bertz CT molecular complexity index is 548. The predicted octanol–water partition coefficient (Wildman–Crippen LogP) is 3.13. The first kappa shape index (κ1) is 15.2. The van der Waals surface area contributed by atoms with Gasteiger partial charge in [-0.15, -0.1) is 0 Å². The fourth-order valence-electron chi connectivity index (χ4n) is 2.68. The van der Waals surface area contributed by atoms with E-state index < -0.39 is 0 Å². The van der Waals surface area contributed by atoms with Gasteiger partial charge in [0.1, 0.15) is 5.75 Å². The lowest BCUT2D eigenvalue weighted by Crippen LogP contribution is -2.15. The van der Waals surface area contributed by atoms with Gasteiger partial charge in [-0.25, -0.2) is 0 Å². The number of ketones is 1. The number of nitrogens with zero attached hydrogens (tertiary/aromatic N) is 1. The fraction of sp³-hybridized carbons (Fsp3) is 0.438. The third-order valence-corrected chi connectivity index (χ3v) is 3.75. The summed E-state index contributed by atoms with van der Waals surface area (Å²) in [5, 5.41) is 10.9. The molecule has 0 saturated heterocycles. The number of carbonyl (C=O) groups excluding carboxylic acids is 1. The minimum Gasteiger partial charge on any atom is -0.497 e. The van der Waals surface area contributed by atoms with Gasteiger partial charge in [0.05, 0.1) is 13.0 Å². The molecular weight excluding hydrogens is 270 g/mol. The van der Waals surface area contributed by atoms with Crippen molar-refractivity contribution in [3.8, 4) is 5.75 Å². The van der Waals surface area contributed by atoms with Gasteiger partial charge in [0, 0.05) is 11.3 Å². The van der Waals surface area contributed by atoms with Gasteiger partial charge >= 0.3 is 0 Å². The molecule has 0 saturated carbocycles. The molecule has 2 rings (SSSR count). The molecule has 1 aliphatic carbocycles. The largest absolute Gasteiger partial charge is 0.497 e. The van der Waals surface area contributed by atoms with Crippen LogP contribution in [0.3, 0.4) is 0 Å². The van der Waals surface area contributed by atoms with E-state index in [0.717, 1.165) is 29.7 Å². The first-order valence-electron chi connectivity index (χ1n) is 7.06. The molecular formula is C16H19NO4. The second kappa shape index (κ2) is 7.02. The summed E-state index contributed by atoms with van der Waals surface area (Å²) in [6, 6.07) is 7.34. The average molecular weight is 289 g/mol. The van der Waals surface area contributed by atoms with Crippen molar-refractivity contribution in [3.05, 3.63) is 51.6 Å². The second-order valence-electron chi connectivity index (χ2n) is 5.31. The Hall–Kier alpha value is -2.17. The summed E-state index contributed by atoms with van der Waals surface area (Å²) in [5.41, 5.74) is 1.93. The van der Waals surface area contributed by atoms with Crippen LogP contribution in [0.5, 0.6) is 5.75 Å². The zero-order valence-corrected chi connectivity index (χ0v) is 12.1. The van der Waals surface area contributed by atoms with Crippen LogP contribution in [-0.4, -0.2) is 24.4 Å². The standard InChI is InChI=1S/C16H19NO4/c1-21-16-7-5-13(6-8-16)14(11-17(19)20)9-12-3-2-4-15(18)10-12/h5-8,10,14H,2-4,9,11H2,1H3/t14-/m0/s1. The number of benzene rings is 1. The Labute approximate surface area is 123 Å². The van der Waals surface area contributed by atoms with Crippen LogP contribution < -0.4 is 4.74 Å². The van der Waals surface area contributed by atoms with Crippen LogP contribution >= 0.6 is 0 Å². The highest BCUT2D eigenvalue weighted by atomic mass is 16.6. The lowest BCUT2D eigenvalue weighted by atomic mass is 9.87. The van der Waals surface area contributed by atoms with Gasteiger partial charge in [0.25, 0.3) is 0 Å². The fourth-order valence-corrected chi connectivity index (χ4v) is 2.68. The smallest absolute Gasteiger partial charge is 0.210 e. The quantitative estimate of drug-likeness (QED) is 0.596. The number of rotatable bonds is 6. The number of nitro groups is 1. The third-order valence-electron chi connectivity index (χ3n) is 3.75. The predicted molar refractivity (Wildman–Crippen MR) is 79.2 cm³/mol. The lowest BCUT2D eigenvalue weighted by molar-refractivity contribution is -0.483. The molecule has 5 heteroatoms. The molecule has 0 unspecified atom stereocenters. The van der Waals surface area contributed by atoms with Crippen LogP contribution in [0.2, 0.25) is 0 Å². The summed E-state index contributed by atoms with van der Waals surface area (Å²) in [6.45, 7) is -0.127. The molecule has 0 spiro atoms. The number of ether oxygens (including phenoxy) is 1. The number of methoxy groups -OCH3 is 1. The van der Waals surface area contributed by atoms with Crippen molar-refractivity contribution in [2.45, 2.75) is 31.6 Å². The minimum absolute atomic E-state index is 0.127. The molecule has 1 aromatic rings. The van der Waals surface area contributed by atoms with Gasteiger partial charge in [-0.2, -0.15) is 0 Å². The Morgan fingerprint density at radius 3 is 2.57 bits per heavy atom. The van der Waals surface area contributed by atoms with Crippen molar-refractivity contribution in [3.63, 3.8) is 0 Å². The molecule has 0 aromatic heterocycles. The first-order valence-corrected chi connectivity index (χ1v) is 7.06. The summed E-state index contributed by atoms with van der Waals surface area (Å²) in [4.78, 5) is 22.1. The van der Waals surface area contributed by atoms with E-state index in [-0.39, 0.29) is 23.2 Å². The zero-order chi connectivity index (χ0) is 15.2. The molecule has 0 bridgehead atoms. The van der Waals surface area contributed by atoms with Gasteiger partial charge in [-0.05, 0) is 43.0 Å². The van der Waals surface area contributed by atoms with Gasteiger partial charge in [0.15, 0.2) is 5.78 Å². The van der Waals surface area contributed by atoms with Crippen molar-refractivity contribution >= 4 is 5.78 Å². The maximum Gasteiger partial charge on any atom is 0.210 e. The Balaban J connectivity index is 2.16. The van der Waals surface area contributed by atoms with Gasteiger partial charge < -0.3 is 4.74 Å². The summed E-state index contributed by atoms with van der Waals surface area (Å²) in [7, 11) is 1.59.